The van der Waals surface area contributed by atoms with Gasteiger partial charge in [-0.25, -0.2) is 8.42 Å². The van der Waals surface area contributed by atoms with Crippen LogP contribution >= 0.6 is 0 Å². The molecule has 0 aromatic heterocycles. The van der Waals surface area contributed by atoms with Crippen molar-refractivity contribution in [1.82, 2.24) is 10.2 Å². The number of piperidine rings is 1. The summed E-state index contributed by atoms with van der Waals surface area (Å²) in [6, 6.07) is 10.5. The molecule has 9 heteroatoms. The van der Waals surface area contributed by atoms with Crippen LogP contribution in [0.3, 0.4) is 0 Å². The second-order valence-corrected chi connectivity index (χ2v) is 9.68. The molecule has 3 rings (SSSR count). The van der Waals surface area contributed by atoms with E-state index in [0.29, 0.717) is 18.7 Å². The SMILES string of the molecule is COc1ccc(S(=O)(=O)Nc2ccccc2C(=O)N2CCCCC2)cc1C(=O)NC(C)C. The molecule has 0 spiro atoms. The summed E-state index contributed by atoms with van der Waals surface area (Å²) in [4.78, 5) is 27.2. The number of carbonyl (C=O) groups excluding carboxylic acids is 2. The fraction of sp³-hybridized carbons (Fsp3) is 0.391. The molecule has 0 aliphatic carbocycles. The number of hydrogen-bond acceptors (Lipinski definition) is 5. The van der Waals surface area contributed by atoms with Crippen LogP contribution in [0.1, 0.15) is 53.8 Å². The topological polar surface area (TPSA) is 105 Å². The lowest BCUT2D eigenvalue weighted by molar-refractivity contribution is 0.0725. The molecule has 0 radical (unpaired) electrons. The highest BCUT2D eigenvalue weighted by atomic mass is 32.2. The number of likely N-dealkylation sites (tertiary alicyclic amines) is 1. The van der Waals surface area contributed by atoms with E-state index in [1.54, 1.807) is 29.2 Å². The number of nitrogens with zero attached hydrogens (tertiary/aromatic N) is 1. The number of anilines is 1. The van der Waals surface area contributed by atoms with Gasteiger partial charge in [-0.15, -0.1) is 0 Å². The number of sulfonamides is 1. The lowest BCUT2D eigenvalue weighted by Gasteiger charge is -2.27. The Morgan fingerprint density at radius 3 is 2.34 bits per heavy atom. The van der Waals surface area contributed by atoms with Crippen molar-refractivity contribution in [3.8, 4) is 5.75 Å². The van der Waals surface area contributed by atoms with Crippen LogP contribution in [0.4, 0.5) is 5.69 Å². The maximum absolute atomic E-state index is 13.1. The molecule has 1 saturated heterocycles. The molecule has 0 bridgehead atoms. The van der Waals surface area contributed by atoms with E-state index in [0.717, 1.165) is 19.3 Å². The number of nitrogens with one attached hydrogen (secondary N) is 2. The van der Waals surface area contributed by atoms with Crippen molar-refractivity contribution in [2.45, 2.75) is 44.0 Å². The molecule has 8 nitrogen and oxygen atoms in total. The molecule has 0 unspecified atom stereocenters. The van der Waals surface area contributed by atoms with Crippen LogP contribution < -0.4 is 14.8 Å². The van der Waals surface area contributed by atoms with Gasteiger partial charge in [-0.1, -0.05) is 12.1 Å². The average molecular weight is 460 g/mol. The molecule has 32 heavy (non-hydrogen) atoms. The number of ether oxygens (including phenoxy) is 1. The Hall–Kier alpha value is -3.07. The molecule has 1 aliphatic heterocycles. The second-order valence-electron chi connectivity index (χ2n) is 7.99. The molecular weight excluding hydrogens is 430 g/mol. The summed E-state index contributed by atoms with van der Waals surface area (Å²) < 4.78 is 34.0. The molecule has 0 saturated carbocycles. The highest BCUT2D eigenvalue weighted by molar-refractivity contribution is 7.92. The van der Waals surface area contributed by atoms with Gasteiger partial charge in [0.15, 0.2) is 0 Å². The summed E-state index contributed by atoms with van der Waals surface area (Å²) in [5.41, 5.74) is 0.609. The Labute approximate surface area is 189 Å². The standard InChI is InChI=1S/C23H29N3O5S/c1-16(2)24-22(27)19-15-17(11-12-21(19)31-3)32(29,30)25-20-10-6-5-9-18(20)23(28)26-13-7-4-8-14-26/h5-6,9-12,15-16,25H,4,7-8,13-14H2,1-3H3,(H,24,27). The van der Waals surface area contributed by atoms with Gasteiger partial charge in [0.05, 0.1) is 28.8 Å². The molecular formula is C23H29N3O5S. The summed E-state index contributed by atoms with van der Waals surface area (Å²) in [5, 5.41) is 2.74. The van der Waals surface area contributed by atoms with E-state index in [2.05, 4.69) is 10.0 Å². The van der Waals surface area contributed by atoms with E-state index in [1.165, 1.54) is 25.3 Å². The first kappa shape index (κ1) is 23.6. The predicted molar refractivity (Wildman–Crippen MR) is 123 cm³/mol. The number of para-hydroxylation sites is 1. The van der Waals surface area contributed by atoms with E-state index < -0.39 is 15.9 Å². The minimum absolute atomic E-state index is 0.104. The van der Waals surface area contributed by atoms with E-state index in [9.17, 15) is 18.0 Å². The molecule has 2 amide bonds. The third-order valence-corrected chi connectivity index (χ3v) is 6.55. The highest BCUT2D eigenvalue weighted by Gasteiger charge is 2.25. The van der Waals surface area contributed by atoms with Gasteiger partial charge in [-0.05, 0) is 63.4 Å². The number of carbonyl (C=O) groups is 2. The quantitative estimate of drug-likeness (QED) is 0.661. The maximum atomic E-state index is 13.1. The average Bonchev–Trinajstić information content (AvgIpc) is 2.78. The monoisotopic (exact) mass is 459 g/mol. The van der Waals surface area contributed by atoms with Crippen molar-refractivity contribution in [1.29, 1.82) is 0 Å². The van der Waals surface area contributed by atoms with Crippen molar-refractivity contribution in [2.24, 2.45) is 0 Å². The van der Waals surface area contributed by atoms with E-state index >= 15 is 0 Å². The van der Waals surface area contributed by atoms with Crippen LogP contribution in [0.5, 0.6) is 5.75 Å². The molecule has 2 aromatic rings. The first-order chi connectivity index (χ1) is 15.2. The highest BCUT2D eigenvalue weighted by Crippen LogP contribution is 2.26. The van der Waals surface area contributed by atoms with Crippen LogP contribution in [0.15, 0.2) is 47.4 Å². The fourth-order valence-electron chi connectivity index (χ4n) is 3.60. The van der Waals surface area contributed by atoms with Crippen LogP contribution in [0.2, 0.25) is 0 Å². The van der Waals surface area contributed by atoms with Gasteiger partial charge in [0.1, 0.15) is 5.75 Å². The molecule has 1 heterocycles. The van der Waals surface area contributed by atoms with Crippen molar-refractivity contribution < 1.29 is 22.7 Å². The number of hydrogen-bond donors (Lipinski definition) is 2. The number of amides is 2. The first-order valence-electron chi connectivity index (χ1n) is 10.6. The molecule has 0 atom stereocenters. The zero-order valence-corrected chi connectivity index (χ0v) is 19.4. The molecule has 2 N–H and O–H groups in total. The number of rotatable bonds is 7. The summed E-state index contributed by atoms with van der Waals surface area (Å²) >= 11 is 0. The normalized spacial score (nSPS) is 14.2. The Kier molecular flexibility index (Phi) is 7.40. The van der Waals surface area contributed by atoms with Gasteiger partial charge < -0.3 is 15.0 Å². The third-order valence-electron chi connectivity index (χ3n) is 5.19. The molecule has 2 aromatic carbocycles. The number of benzene rings is 2. The minimum atomic E-state index is -4.07. The Balaban J connectivity index is 1.92. The zero-order valence-electron chi connectivity index (χ0n) is 18.6. The fourth-order valence-corrected chi connectivity index (χ4v) is 4.71. The van der Waals surface area contributed by atoms with Crippen LogP contribution in [-0.2, 0) is 10.0 Å². The van der Waals surface area contributed by atoms with Crippen molar-refractivity contribution in [3.63, 3.8) is 0 Å². The lowest BCUT2D eigenvalue weighted by atomic mass is 10.1. The van der Waals surface area contributed by atoms with Crippen molar-refractivity contribution in [2.75, 3.05) is 24.9 Å². The predicted octanol–water partition coefficient (Wildman–Crippen LogP) is 3.26. The number of methoxy groups -OCH3 is 1. The van der Waals surface area contributed by atoms with Crippen molar-refractivity contribution >= 4 is 27.5 Å². The van der Waals surface area contributed by atoms with Crippen LogP contribution in [0, 0.1) is 0 Å². The minimum Gasteiger partial charge on any atom is -0.496 e. The summed E-state index contributed by atoms with van der Waals surface area (Å²) in [5.74, 6) is -0.368. The van der Waals surface area contributed by atoms with Gasteiger partial charge >= 0.3 is 0 Å². The summed E-state index contributed by atoms with van der Waals surface area (Å²) in [7, 11) is -2.65. The van der Waals surface area contributed by atoms with Gasteiger partial charge in [0.25, 0.3) is 21.8 Å². The summed E-state index contributed by atoms with van der Waals surface area (Å²) in [6.45, 7) is 4.94. The Morgan fingerprint density at radius 1 is 1.00 bits per heavy atom. The van der Waals surface area contributed by atoms with Gasteiger partial charge in [0, 0.05) is 19.1 Å². The third kappa shape index (κ3) is 5.40. The Bertz CT molecular complexity index is 1090. The second kappa shape index (κ2) is 10.0. The first-order valence-corrected chi connectivity index (χ1v) is 12.1. The van der Waals surface area contributed by atoms with Crippen LogP contribution in [0.25, 0.3) is 0 Å². The maximum Gasteiger partial charge on any atom is 0.261 e. The lowest BCUT2D eigenvalue weighted by Crippen LogP contribution is -2.36. The van der Waals surface area contributed by atoms with E-state index in [4.69, 9.17) is 4.74 Å². The summed E-state index contributed by atoms with van der Waals surface area (Å²) in [6.07, 6.45) is 2.96. The molecule has 1 fully saturated rings. The van der Waals surface area contributed by atoms with E-state index in [-0.39, 0.29) is 33.8 Å². The van der Waals surface area contributed by atoms with Gasteiger partial charge in [0.2, 0.25) is 0 Å². The molecule has 1 aliphatic rings. The zero-order chi connectivity index (χ0) is 23.3. The van der Waals surface area contributed by atoms with Gasteiger partial charge in [-0.2, -0.15) is 0 Å². The Morgan fingerprint density at radius 2 is 1.69 bits per heavy atom. The van der Waals surface area contributed by atoms with E-state index in [1.807, 2.05) is 13.8 Å². The smallest absolute Gasteiger partial charge is 0.261 e. The van der Waals surface area contributed by atoms with Crippen LogP contribution in [-0.4, -0.2) is 51.4 Å². The molecule has 172 valence electrons. The van der Waals surface area contributed by atoms with Crippen molar-refractivity contribution in [3.05, 3.63) is 53.6 Å². The largest absolute Gasteiger partial charge is 0.496 e. The van der Waals surface area contributed by atoms with Gasteiger partial charge in [-0.3, -0.25) is 14.3 Å².